The summed E-state index contributed by atoms with van der Waals surface area (Å²) in [6.45, 7) is 5.56. The van der Waals surface area contributed by atoms with Gasteiger partial charge in [-0.3, -0.25) is 9.78 Å². The molecule has 0 unspecified atom stereocenters. The second-order valence-corrected chi connectivity index (χ2v) is 5.79. The molecular weight excluding hydrogens is 280 g/mol. The maximum absolute atomic E-state index is 12.6. The van der Waals surface area contributed by atoms with Crippen molar-refractivity contribution in [2.75, 3.05) is 19.8 Å². The molecule has 118 valence electrons. The van der Waals surface area contributed by atoms with Gasteiger partial charge in [-0.1, -0.05) is 6.08 Å². The zero-order chi connectivity index (χ0) is 15.4. The maximum Gasteiger partial charge on any atom is 0.254 e. The molecular formula is C17H22N2O3. The first kappa shape index (κ1) is 15.2. The molecule has 22 heavy (non-hydrogen) atoms. The molecule has 1 aromatic rings. The lowest BCUT2D eigenvalue weighted by Gasteiger charge is -2.35. The van der Waals surface area contributed by atoms with Crippen molar-refractivity contribution in [3.05, 3.63) is 42.7 Å². The Morgan fingerprint density at radius 2 is 2.23 bits per heavy atom. The van der Waals surface area contributed by atoms with Crippen molar-refractivity contribution in [2.45, 2.75) is 37.5 Å². The summed E-state index contributed by atoms with van der Waals surface area (Å²) >= 11 is 0. The molecule has 2 aliphatic heterocycles. The Balaban J connectivity index is 1.58. The minimum atomic E-state index is 0.0832. The number of likely N-dealkylation sites (tertiary alicyclic amines) is 1. The third-order valence-corrected chi connectivity index (χ3v) is 4.36. The SMILES string of the molecule is C=CCOC[C@@H]1CC[C@H]2[C@H](CCN2C(=O)c2ccncc2)O1. The zero-order valence-corrected chi connectivity index (χ0v) is 12.7. The number of fused-ring (bicyclic) bond motifs is 1. The molecule has 0 N–H and O–H groups in total. The molecule has 0 bridgehead atoms. The highest BCUT2D eigenvalue weighted by Gasteiger charge is 2.42. The Morgan fingerprint density at radius 3 is 3.00 bits per heavy atom. The van der Waals surface area contributed by atoms with Crippen LogP contribution in [0.1, 0.15) is 29.6 Å². The summed E-state index contributed by atoms with van der Waals surface area (Å²) in [6.07, 6.45) is 8.14. The van der Waals surface area contributed by atoms with Gasteiger partial charge in [-0.05, 0) is 31.4 Å². The minimum Gasteiger partial charge on any atom is -0.375 e. The smallest absolute Gasteiger partial charge is 0.254 e. The Labute approximate surface area is 130 Å². The van der Waals surface area contributed by atoms with Gasteiger partial charge in [-0.2, -0.15) is 0 Å². The molecule has 5 nitrogen and oxygen atoms in total. The van der Waals surface area contributed by atoms with Crippen LogP contribution in [0.2, 0.25) is 0 Å². The number of ether oxygens (including phenoxy) is 2. The zero-order valence-electron chi connectivity index (χ0n) is 12.7. The molecule has 1 aromatic heterocycles. The first-order valence-corrected chi connectivity index (χ1v) is 7.84. The van der Waals surface area contributed by atoms with Crippen molar-refractivity contribution in [1.29, 1.82) is 0 Å². The number of aromatic nitrogens is 1. The third kappa shape index (κ3) is 3.20. The summed E-state index contributed by atoms with van der Waals surface area (Å²) in [6, 6.07) is 3.73. The van der Waals surface area contributed by atoms with Gasteiger partial charge in [0.25, 0.3) is 5.91 Å². The van der Waals surface area contributed by atoms with Crippen LogP contribution in [-0.4, -0.2) is 53.8 Å². The van der Waals surface area contributed by atoms with E-state index in [1.54, 1.807) is 30.6 Å². The van der Waals surface area contributed by atoms with E-state index in [1.807, 2.05) is 4.90 Å². The fourth-order valence-electron chi connectivity index (χ4n) is 3.32. The number of carbonyl (C=O) groups is 1. The van der Waals surface area contributed by atoms with E-state index in [2.05, 4.69) is 11.6 Å². The van der Waals surface area contributed by atoms with Crippen LogP contribution in [0.3, 0.4) is 0 Å². The minimum absolute atomic E-state index is 0.0832. The fourth-order valence-corrected chi connectivity index (χ4v) is 3.32. The molecule has 0 saturated carbocycles. The number of pyridine rings is 1. The standard InChI is InChI=1S/C17H22N2O3/c1-2-11-21-12-14-3-4-15-16(22-14)7-10-19(15)17(20)13-5-8-18-9-6-13/h2,5-6,8-9,14-16H,1,3-4,7,10-12H2/t14-,15-,16-/m0/s1. The van der Waals surface area contributed by atoms with Gasteiger partial charge in [0.05, 0.1) is 31.5 Å². The fraction of sp³-hybridized carbons (Fsp3) is 0.529. The Hall–Kier alpha value is -1.72. The van der Waals surface area contributed by atoms with E-state index in [0.717, 1.165) is 25.8 Å². The molecule has 0 aliphatic carbocycles. The second-order valence-electron chi connectivity index (χ2n) is 5.79. The van der Waals surface area contributed by atoms with Crippen molar-refractivity contribution in [1.82, 2.24) is 9.88 Å². The topological polar surface area (TPSA) is 51.7 Å². The summed E-state index contributed by atoms with van der Waals surface area (Å²) in [5.74, 6) is 0.0832. The van der Waals surface area contributed by atoms with Crippen LogP contribution in [0.15, 0.2) is 37.2 Å². The lowest BCUT2D eigenvalue weighted by atomic mass is 9.99. The van der Waals surface area contributed by atoms with Crippen molar-refractivity contribution in [2.24, 2.45) is 0 Å². The predicted molar refractivity (Wildman–Crippen MR) is 82.6 cm³/mol. The number of carbonyl (C=O) groups excluding carboxylic acids is 1. The maximum atomic E-state index is 12.6. The second kappa shape index (κ2) is 7.03. The summed E-state index contributed by atoms with van der Waals surface area (Å²) in [5, 5.41) is 0. The van der Waals surface area contributed by atoms with Gasteiger partial charge in [0.2, 0.25) is 0 Å². The average Bonchev–Trinajstić information content (AvgIpc) is 2.98. The third-order valence-electron chi connectivity index (χ3n) is 4.36. The number of hydrogen-bond donors (Lipinski definition) is 0. The Morgan fingerprint density at radius 1 is 1.41 bits per heavy atom. The quantitative estimate of drug-likeness (QED) is 0.617. The molecule has 2 fully saturated rings. The molecule has 2 aliphatic rings. The van der Waals surface area contributed by atoms with E-state index in [0.29, 0.717) is 18.8 Å². The summed E-state index contributed by atoms with van der Waals surface area (Å²) in [5.41, 5.74) is 0.701. The van der Waals surface area contributed by atoms with Crippen molar-refractivity contribution >= 4 is 5.91 Å². The van der Waals surface area contributed by atoms with Crippen LogP contribution >= 0.6 is 0 Å². The molecule has 2 saturated heterocycles. The molecule has 3 rings (SSSR count). The van der Waals surface area contributed by atoms with Crippen LogP contribution in [0, 0.1) is 0 Å². The number of rotatable bonds is 5. The lowest BCUT2D eigenvalue weighted by Crippen LogP contribution is -2.45. The van der Waals surface area contributed by atoms with Crippen LogP contribution < -0.4 is 0 Å². The highest BCUT2D eigenvalue weighted by atomic mass is 16.5. The number of hydrogen-bond acceptors (Lipinski definition) is 4. The first-order valence-electron chi connectivity index (χ1n) is 7.84. The number of amides is 1. The Bertz CT molecular complexity index is 520. The molecule has 3 atom stereocenters. The Kier molecular flexibility index (Phi) is 4.85. The first-order chi connectivity index (χ1) is 10.8. The van der Waals surface area contributed by atoms with Crippen LogP contribution in [-0.2, 0) is 9.47 Å². The predicted octanol–water partition coefficient (Wildman–Crippen LogP) is 2.05. The molecule has 0 radical (unpaired) electrons. The van der Waals surface area contributed by atoms with E-state index in [-0.39, 0.29) is 24.2 Å². The van der Waals surface area contributed by atoms with Gasteiger partial charge in [0.15, 0.2) is 0 Å². The largest absolute Gasteiger partial charge is 0.375 e. The molecule has 3 heterocycles. The van der Waals surface area contributed by atoms with E-state index in [4.69, 9.17) is 9.47 Å². The molecule has 0 aromatic carbocycles. The molecule has 1 amide bonds. The molecule has 5 heteroatoms. The highest BCUT2D eigenvalue weighted by Crippen LogP contribution is 2.32. The van der Waals surface area contributed by atoms with Gasteiger partial charge in [-0.15, -0.1) is 6.58 Å². The van der Waals surface area contributed by atoms with E-state index in [1.165, 1.54) is 0 Å². The van der Waals surface area contributed by atoms with Gasteiger partial charge in [0, 0.05) is 24.5 Å². The highest BCUT2D eigenvalue weighted by molar-refractivity contribution is 5.94. The molecule has 0 spiro atoms. The summed E-state index contributed by atoms with van der Waals surface area (Å²) in [4.78, 5) is 18.5. The van der Waals surface area contributed by atoms with Gasteiger partial charge < -0.3 is 14.4 Å². The van der Waals surface area contributed by atoms with Gasteiger partial charge in [-0.25, -0.2) is 0 Å². The van der Waals surface area contributed by atoms with Crippen LogP contribution in [0.25, 0.3) is 0 Å². The van der Waals surface area contributed by atoms with E-state index >= 15 is 0 Å². The summed E-state index contributed by atoms with van der Waals surface area (Å²) < 4.78 is 11.6. The van der Waals surface area contributed by atoms with E-state index in [9.17, 15) is 4.79 Å². The van der Waals surface area contributed by atoms with E-state index < -0.39 is 0 Å². The van der Waals surface area contributed by atoms with Crippen LogP contribution in [0.4, 0.5) is 0 Å². The van der Waals surface area contributed by atoms with Gasteiger partial charge in [0.1, 0.15) is 0 Å². The number of nitrogens with zero attached hydrogens (tertiary/aromatic N) is 2. The monoisotopic (exact) mass is 302 g/mol. The van der Waals surface area contributed by atoms with Crippen molar-refractivity contribution < 1.29 is 14.3 Å². The summed E-state index contributed by atoms with van der Waals surface area (Å²) in [7, 11) is 0. The average molecular weight is 302 g/mol. The van der Waals surface area contributed by atoms with Gasteiger partial charge >= 0.3 is 0 Å². The normalized spacial score (nSPS) is 27.5. The van der Waals surface area contributed by atoms with Crippen LogP contribution in [0.5, 0.6) is 0 Å². The van der Waals surface area contributed by atoms with Crippen molar-refractivity contribution in [3.63, 3.8) is 0 Å². The van der Waals surface area contributed by atoms with Crippen molar-refractivity contribution in [3.8, 4) is 0 Å². The lowest BCUT2D eigenvalue weighted by molar-refractivity contribution is -0.0937.